The largest absolute Gasteiger partial charge is 0.326 e. The third kappa shape index (κ3) is 4.47. The summed E-state index contributed by atoms with van der Waals surface area (Å²) in [4.78, 5) is 14.2. The van der Waals surface area contributed by atoms with Gasteiger partial charge in [0.15, 0.2) is 0 Å². The van der Waals surface area contributed by atoms with Gasteiger partial charge in [0.25, 0.3) is 0 Å². The number of nitrogens with zero attached hydrogens (tertiary/aromatic N) is 1. The topological polar surface area (TPSA) is 32.3 Å². The van der Waals surface area contributed by atoms with E-state index in [1.807, 2.05) is 16.7 Å². The minimum Gasteiger partial charge on any atom is -0.326 e. The molecule has 106 valence electrons. The number of carbonyl (C=O) groups is 1. The summed E-state index contributed by atoms with van der Waals surface area (Å²) in [6.07, 6.45) is 7.33. The quantitative estimate of drug-likeness (QED) is 0.690. The molecule has 0 aromatic carbocycles. The Balaban J connectivity index is 2.23. The lowest BCUT2D eigenvalue weighted by Gasteiger charge is -2.20. The fraction of sp³-hybridized carbons (Fsp3) is 0.929. The number of unbranched alkanes of at least 4 members (excludes halogenated alkanes) is 3. The van der Waals surface area contributed by atoms with Crippen LogP contribution in [0.15, 0.2) is 0 Å². The van der Waals surface area contributed by atoms with E-state index in [2.05, 4.69) is 32.3 Å². The van der Waals surface area contributed by atoms with Crippen LogP contribution in [0.3, 0.4) is 0 Å². The van der Waals surface area contributed by atoms with Crippen molar-refractivity contribution in [2.75, 3.05) is 18.6 Å². The van der Waals surface area contributed by atoms with Crippen LogP contribution in [0, 0.1) is 5.92 Å². The molecule has 4 heteroatoms. The molecule has 2 atom stereocenters. The molecule has 1 aliphatic heterocycles. The maximum absolute atomic E-state index is 12.2. The van der Waals surface area contributed by atoms with Crippen molar-refractivity contribution in [2.45, 2.75) is 58.7 Å². The first kappa shape index (κ1) is 15.8. The smallest absolute Gasteiger partial charge is 0.241 e. The van der Waals surface area contributed by atoms with Gasteiger partial charge >= 0.3 is 0 Å². The van der Waals surface area contributed by atoms with E-state index in [0.29, 0.717) is 11.8 Å². The normalized spacial score (nSPS) is 24.3. The Morgan fingerprint density at radius 1 is 1.28 bits per heavy atom. The highest BCUT2D eigenvalue weighted by molar-refractivity contribution is 7.98. The summed E-state index contributed by atoms with van der Waals surface area (Å²) in [7, 11) is 0. The highest BCUT2D eigenvalue weighted by Crippen LogP contribution is 2.17. The van der Waals surface area contributed by atoms with Gasteiger partial charge in [-0.3, -0.25) is 10.1 Å². The van der Waals surface area contributed by atoms with Crippen LogP contribution in [0.25, 0.3) is 0 Å². The summed E-state index contributed by atoms with van der Waals surface area (Å²) in [5, 5.41) is 3.39. The van der Waals surface area contributed by atoms with Gasteiger partial charge in [-0.25, -0.2) is 0 Å². The fourth-order valence-corrected chi connectivity index (χ4v) is 2.95. The molecule has 1 heterocycles. The minimum atomic E-state index is 0.0245. The monoisotopic (exact) mass is 272 g/mol. The van der Waals surface area contributed by atoms with Crippen LogP contribution in [0.1, 0.15) is 46.5 Å². The second kappa shape index (κ2) is 8.05. The Labute approximate surface area is 116 Å². The highest BCUT2D eigenvalue weighted by Gasteiger charge is 2.37. The number of hydrogen-bond donors (Lipinski definition) is 1. The van der Waals surface area contributed by atoms with Crippen LogP contribution >= 0.6 is 11.8 Å². The molecule has 1 amide bonds. The van der Waals surface area contributed by atoms with Crippen LogP contribution in [-0.4, -0.2) is 41.6 Å². The molecule has 1 fully saturated rings. The van der Waals surface area contributed by atoms with Crippen LogP contribution in [0.4, 0.5) is 0 Å². The molecule has 1 N–H and O–H groups in total. The van der Waals surface area contributed by atoms with Crippen LogP contribution in [0.2, 0.25) is 0 Å². The SMILES string of the molecule is CSCCCCCCN1C(=O)C(C(C)C)NC1C. The summed E-state index contributed by atoms with van der Waals surface area (Å²) in [6, 6.07) is 0.0245. The van der Waals surface area contributed by atoms with Crippen molar-refractivity contribution in [3.05, 3.63) is 0 Å². The van der Waals surface area contributed by atoms with Crippen molar-refractivity contribution in [3.8, 4) is 0 Å². The number of nitrogens with one attached hydrogen (secondary N) is 1. The zero-order chi connectivity index (χ0) is 13.5. The van der Waals surface area contributed by atoms with Gasteiger partial charge in [0.2, 0.25) is 5.91 Å². The van der Waals surface area contributed by atoms with Crippen molar-refractivity contribution >= 4 is 17.7 Å². The average Bonchev–Trinajstić information content (AvgIpc) is 2.60. The lowest BCUT2D eigenvalue weighted by Crippen LogP contribution is -2.35. The predicted octanol–water partition coefficient (Wildman–Crippen LogP) is 2.71. The number of hydrogen-bond acceptors (Lipinski definition) is 3. The van der Waals surface area contributed by atoms with Gasteiger partial charge in [-0.1, -0.05) is 26.7 Å². The van der Waals surface area contributed by atoms with E-state index < -0.39 is 0 Å². The summed E-state index contributed by atoms with van der Waals surface area (Å²) in [5.41, 5.74) is 0. The van der Waals surface area contributed by atoms with E-state index in [1.54, 1.807) is 0 Å². The van der Waals surface area contributed by atoms with E-state index >= 15 is 0 Å². The molecule has 0 aromatic rings. The van der Waals surface area contributed by atoms with Crippen LogP contribution in [-0.2, 0) is 4.79 Å². The molecule has 18 heavy (non-hydrogen) atoms. The first-order valence-electron chi connectivity index (χ1n) is 7.13. The zero-order valence-corrected chi connectivity index (χ0v) is 13.1. The van der Waals surface area contributed by atoms with Gasteiger partial charge in [-0.2, -0.15) is 11.8 Å². The van der Waals surface area contributed by atoms with Gasteiger partial charge in [-0.05, 0) is 37.7 Å². The Morgan fingerprint density at radius 2 is 1.94 bits per heavy atom. The van der Waals surface area contributed by atoms with Gasteiger partial charge in [0.1, 0.15) is 0 Å². The van der Waals surface area contributed by atoms with Crippen molar-refractivity contribution in [1.29, 1.82) is 0 Å². The lowest BCUT2D eigenvalue weighted by molar-refractivity contribution is -0.130. The fourth-order valence-electron chi connectivity index (χ4n) is 2.45. The summed E-state index contributed by atoms with van der Waals surface area (Å²) in [6.45, 7) is 7.21. The zero-order valence-electron chi connectivity index (χ0n) is 12.2. The van der Waals surface area contributed by atoms with Crippen molar-refractivity contribution in [3.63, 3.8) is 0 Å². The van der Waals surface area contributed by atoms with E-state index in [4.69, 9.17) is 0 Å². The highest BCUT2D eigenvalue weighted by atomic mass is 32.2. The molecule has 0 radical (unpaired) electrons. The Morgan fingerprint density at radius 3 is 2.50 bits per heavy atom. The third-order valence-electron chi connectivity index (χ3n) is 3.60. The first-order valence-corrected chi connectivity index (χ1v) is 8.52. The Bertz CT molecular complexity index is 258. The molecule has 2 unspecified atom stereocenters. The molecule has 1 rings (SSSR count). The molecule has 1 aliphatic rings. The molecule has 0 aromatic heterocycles. The average molecular weight is 272 g/mol. The second-order valence-electron chi connectivity index (χ2n) is 5.50. The number of thioether (sulfide) groups is 1. The maximum atomic E-state index is 12.2. The van der Waals surface area contributed by atoms with E-state index in [1.165, 1.54) is 25.0 Å². The Kier molecular flexibility index (Phi) is 7.08. The standard InChI is InChI=1S/C14H28N2OS/c1-11(2)13-14(17)16(12(3)15-13)9-7-5-6-8-10-18-4/h11-13,15H,5-10H2,1-4H3. The van der Waals surface area contributed by atoms with Gasteiger partial charge in [0.05, 0.1) is 12.2 Å². The predicted molar refractivity (Wildman–Crippen MR) is 79.8 cm³/mol. The molecular formula is C14H28N2OS. The molecule has 0 spiro atoms. The molecule has 0 bridgehead atoms. The second-order valence-corrected chi connectivity index (χ2v) is 6.49. The van der Waals surface area contributed by atoms with E-state index in [9.17, 15) is 4.79 Å². The lowest BCUT2D eigenvalue weighted by atomic mass is 10.1. The molecule has 3 nitrogen and oxygen atoms in total. The molecule has 0 saturated carbocycles. The van der Waals surface area contributed by atoms with Crippen molar-refractivity contribution < 1.29 is 4.79 Å². The van der Waals surface area contributed by atoms with E-state index in [-0.39, 0.29) is 12.2 Å². The van der Waals surface area contributed by atoms with Crippen LogP contribution < -0.4 is 5.32 Å². The van der Waals surface area contributed by atoms with E-state index in [0.717, 1.165) is 13.0 Å². The number of amides is 1. The van der Waals surface area contributed by atoms with Crippen molar-refractivity contribution in [2.24, 2.45) is 5.92 Å². The van der Waals surface area contributed by atoms with Gasteiger partial charge in [-0.15, -0.1) is 0 Å². The molecule has 1 saturated heterocycles. The molecular weight excluding hydrogens is 244 g/mol. The third-order valence-corrected chi connectivity index (χ3v) is 4.30. The van der Waals surface area contributed by atoms with Gasteiger partial charge in [0, 0.05) is 6.54 Å². The number of rotatable bonds is 8. The summed E-state index contributed by atoms with van der Waals surface area (Å²) in [5.74, 6) is 1.93. The van der Waals surface area contributed by atoms with Gasteiger partial charge < -0.3 is 4.90 Å². The minimum absolute atomic E-state index is 0.0245. The van der Waals surface area contributed by atoms with Crippen molar-refractivity contribution in [1.82, 2.24) is 10.2 Å². The summed E-state index contributed by atoms with van der Waals surface area (Å²) < 4.78 is 0. The first-order chi connectivity index (χ1) is 8.57. The maximum Gasteiger partial charge on any atom is 0.241 e. The number of carbonyl (C=O) groups excluding carboxylic acids is 1. The molecule has 0 aliphatic carbocycles. The summed E-state index contributed by atoms with van der Waals surface area (Å²) >= 11 is 1.91. The Hall–Kier alpha value is -0.220. The van der Waals surface area contributed by atoms with Crippen LogP contribution in [0.5, 0.6) is 0 Å².